The fourth-order valence-electron chi connectivity index (χ4n) is 5.52. The van der Waals surface area contributed by atoms with E-state index in [1.807, 2.05) is 17.0 Å². The molecule has 3 aromatic rings. The Bertz CT molecular complexity index is 1240. The summed E-state index contributed by atoms with van der Waals surface area (Å²) in [5.41, 5.74) is 1.13. The lowest BCUT2D eigenvalue weighted by atomic mass is 9.88. The molecule has 2 aliphatic rings. The molecule has 5 rings (SSSR count). The largest absolute Gasteiger partial charge is 0.459 e. The Morgan fingerprint density at radius 3 is 2.51 bits per heavy atom. The first-order valence-corrected chi connectivity index (χ1v) is 12.5. The number of halogens is 5. The van der Waals surface area contributed by atoms with Gasteiger partial charge in [0.25, 0.3) is 5.92 Å². The van der Waals surface area contributed by atoms with Crippen molar-refractivity contribution < 1.29 is 31.5 Å². The Morgan fingerprint density at radius 1 is 1.14 bits per heavy atom. The number of likely N-dealkylation sites (tertiary alicyclic amines) is 1. The molecule has 1 saturated heterocycles. The molecule has 0 bridgehead atoms. The monoisotopic (exact) mass is 523 g/mol. The minimum atomic E-state index is -3.47. The predicted molar refractivity (Wildman–Crippen MR) is 131 cm³/mol. The van der Waals surface area contributed by atoms with Gasteiger partial charge in [-0.15, -0.1) is 0 Å². The maximum absolute atomic E-state index is 15.6. The topological polar surface area (TPSA) is 51.9 Å². The van der Waals surface area contributed by atoms with E-state index in [1.165, 1.54) is 17.0 Å². The molecule has 1 aromatic heterocycles. The third-order valence-corrected chi connectivity index (χ3v) is 7.31. The number of furan rings is 1. The Hall–Kier alpha value is -2.69. The third-order valence-electron chi connectivity index (χ3n) is 7.31. The number of rotatable bonds is 9. The van der Waals surface area contributed by atoms with Crippen LogP contribution in [0.4, 0.5) is 27.6 Å². The van der Waals surface area contributed by atoms with E-state index in [1.54, 1.807) is 19.1 Å². The molecule has 10 heteroatoms. The summed E-state index contributed by atoms with van der Waals surface area (Å²) in [5, 5.41) is 13.1. The maximum Gasteiger partial charge on any atom is 0.283 e. The first-order chi connectivity index (χ1) is 17.7. The third kappa shape index (κ3) is 5.06. The summed E-state index contributed by atoms with van der Waals surface area (Å²) in [5.74, 6) is -4.99. The van der Waals surface area contributed by atoms with Crippen LogP contribution in [0, 0.1) is 11.6 Å². The zero-order chi connectivity index (χ0) is 26.3. The number of para-hydroxylation sites is 1. The number of nitrogens with zero attached hydrogens (tertiary/aromatic N) is 2. The lowest BCUT2D eigenvalue weighted by Gasteiger charge is -2.41. The number of alkyl halides is 3. The normalized spacial score (nSPS) is 21.3. The smallest absolute Gasteiger partial charge is 0.283 e. The van der Waals surface area contributed by atoms with Crippen molar-refractivity contribution in [1.29, 1.82) is 0 Å². The quantitative estimate of drug-likeness (QED) is 0.381. The molecule has 0 amide bonds. The van der Waals surface area contributed by atoms with Gasteiger partial charge in [0.05, 0.1) is 19.3 Å². The van der Waals surface area contributed by atoms with Gasteiger partial charge < -0.3 is 14.8 Å². The summed E-state index contributed by atoms with van der Waals surface area (Å²) in [7, 11) is 0. The van der Waals surface area contributed by atoms with Gasteiger partial charge in [0.1, 0.15) is 35.6 Å². The SMILES string of the molecule is C[C@H]1Cc2c(oc3ccccc23)[C@H](c2c(F)cc(NC3CN(CCCF)C3)cc2F)N1CC(F)(F)CO. The Morgan fingerprint density at radius 2 is 1.84 bits per heavy atom. The van der Waals surface area contributed by atoms with E-state index in [0.29, 0.717) is 38.1 Å². The second-order valence-electron chi connectivity index (χ2n) is 10.1. The first kappa shape index (κ1) is 25.9. The van der Waals surface area contributed by atoms with Gasteiger partial charge in [-0.1, -0.05) is 18.2 Å². The molecule has 0 spiro atoms. The summed E-state index contributed by atoms with van der Waals surface area (Å²) in [6.45, 7) is 0.969. The number of benzene rings is 2. The molecule has 0 aliphatic carbocycles. The van der Waals surface area contributed by atoms with Crippen LogP contribution in [-0.4, -0.2) is 72.4 Å². The van der Waals surface area contributed by atoms with Crippen LogP contribution in [0.25, 0.3) is 11.0 Å². The Balaban J connectivity index is 1.50. The molecule has 37 heavy (non-hydrogen) atoms. The molecule has 2 atom stereocenters. The van der Waals surface area contributed by atoms with Crippen LogP contribution < -0.4 is 5.32 Å². The van der Waals surface area contributed by atoms with Crippen molar-refractivity contribution in [1.82, 2.24) is 9.80 Å². The van der Waals surface area contributed by atoms with Gasteiger partial charge in [-0.25, -0.2) is 17.6 Å². The summed E-state index contributed by atoms with van der Waals surface area (Å²) in [6.07, 6.45) is 0.800. The highest BCUT2D eigenvalue weighted by Gasteiger charge is 2.44. The molecular weight excluding hydrogens is 493 g/mol. The van der Waals surface area contributed by atoms with Gasteiger partial charge >= 0.3 is 0 Å². The van der Waals surface area contributed by atoms with Crippen molar-refractivity contribution in [3.8, 4) is 0 Å². The zero-order valence-corrected chi connectivity index (χ0v) is 20.5. The number of hydrogen-bond donors (Lipinski definition) is 2. The highest BCUT2D eigenvalue weighted by Crippen LogP contribution is 2.45. The molecule has 2 N–H and O–H groups in total. The molecule has 3 heterocycles. The van der Waals surface area contributed by atoms with Crippen LogP contribution in [0.1, 0.15) is 36.3 Å². The fourth-order valence-corrected chi connectivity index (χ4v) is 5.52. The summed E-state index contributed by atoms with van der Waals surface area (Å²) in [6, 6.07) is 7.75. The van der Waals surface area contributed by atoms with Gasteiger partial charge in [0.2, 0.25) is 0 Å². The van der Waals surface area contributed by atoms with E-state index < -0.39 is 42.8 Å². The predicted octanol–water partition coefficient (Wildman–Crippen LogP) is 5.13. The number of hydrogen-bond acceptors (Lipinski definition) is 5. The number of nitrogens with one attached hydrogen (secondary N) is 1. The second kappa shape index (κ2) is 10.2. The molecule has 0 radical (unpaired) electrons. The molecule has 0 unspecified atom stereocenters. The maximum atomic E-state index is 15.6. The summed E-state index contributed by atoms with van der Waals surface area (Å²) < 4.78 is 78.5. The first-order valence-electron chi connectivity index (χ1n) is 12.5. The van der Waals surface area contributed by atoms with E-state index in [9.17, 15) is 18.3 Å². The van der Waals surface area contributed by atoms with E-state index >= 15 is 8.78 Å². The molecule has 2 aliphatic heterocycles. The molecule has 2 aromatic carbocycles. The van der Waals surface area contributed by atoms with E-state index in [0.717, 1.165) is 10.9 Å². The van der Waals surface area contributed by atoms with Gasteiger partial charge in [-0.05, 0) is 38.0 Å². The lowest BCUT2D eigenvalue weighted by Crippen LogP contribution is -2.54. The standard InChI is InChI=1S/C27H30F5N3O2/c1-16-9-20-19-5-2-3-6-23(19)37-26(20)25(35(16)14-27(31,32)15-36)24-21(29)10-17(11-22(24)30)33-18-12-34(13-18)8-4-7-28/h2-3,5-6,10-11,16,18,25,33,36H,4,7-9,12-15H2,1H3/t16-,25-/m0/s1. The number of anilines is 1. The average molecular weight is 524 g/mol. The molecule has 1 fully saturated rings. The minimum absolute atomic E-state index is 0.0271. The molecule has 200 valence electrons. The van der Waals surface area contributed by atoms with E-state index in [-0.39, 0.29) is 29.7 Å². The van der Waals surface area contributed by atoms with Gasteiger partial charge in [0.15, 0.2) is 0 Å². The van der Waals surface area contributed by atoms with Crippen LogP contribution in [0.2, 0.25) is 0 Å². The van der Waals surface area contributed by atoms with Crippen molar-refractivity contribution in [3.63, 3.8) is 0 Å². The van der Waals surface area contributed by atoms with Gasteiger partial charge in [-0.3, -0.25) is 14.2 Å². The highest BCUT2D eigenvalue weighted by atomic mass is 19.3. The van der Waals surface area contributed by atoms with Crippen molar-refractivity contribution >= 4 is 16.7 Å². The minimum Gasteiger partial charge on any atom is -0.459 e. The second-order valence-corrected chi connectivity index (χ2v) is 10.1. The Kier molecular flexibility index (Phi) is 7.17. The van der Waals surface area contributed by atoms with Crippen molar-refractivity contribution in [2.75, 3.05) is 44.8 Å². The average Bonchev–Trinajstić information content (AvgIpc) is 3.19. The van der Waals surface area contributed by atoms with Crippen LogP contribution in [0.3, 0.4) is 0 Å². The Labute approximate surface area is 211 Å². The molecular formula is C27H30F5N3O2. The number of aliphatic hydroxyl groups excluding tert-OH is 1. The van der Waals surface area contributed by atoms with E-state index in [2.05, 4.69) is 5.32 Å². The summed E-state index contributed by atoms with van der Waals surface area (Å²) >= 11 is 0. The molecule has 0 saturated carbocycles. The van der Waals surface area contributed by atoms with Crippen LogP contribution in [0.15, 0.2) is 40.8 Å². The van der Waals surface area contributed by atoms with Crippen molar-refractivity contribution in [3.05, 3.63) is 64.9 Å². The highest BCUT2D eigenvalue weighted by molar-refractivity contribution is 5.83. The van der Waals surface area contributed by atoms with Crippen molar-refractivity contribution in [2.45, 2.75) is 43.8 Å². The number of aliphatic hydroxyl groups is 1. The van der Waals surface area contributed by atoms with Gasteiger partial charge in [-0.2, -0.15) is 0 Å². The van der Waals surface area contributed by atoms with Crippen LogP contribution in [-0.2, 0) is 6.42 Å². The van der Waals surface area contributed by atoms with E-state index in [4.69, 9.17) is 4.42 Å². The zero-order valence-electron chi connectivity index (χ0n) is 20.5. The fraction of sp³-hybridized carbons (Fsp3) is 0.481. The molecule has 5 nitrogen and oxygen atoms in total. The van der Waals surface area contributed by atoms with Crippen molar-refractivity contribution in [2.24, 2.45) is 0 Å². The van der Waals surface area contributed by atoms with Gasteiger partial charge in [0, 0.05) is 47.9 Å². The van der Waals surface area contributed by atoms with Crippen LogP contribution >= 0.6 is 0 Å². The lowest BCUT2D eigenvalue weighted by molar-refractivity contribution is -0.0881. The summed E-state index contributed by atoms with van der Waals surface area (Å²) in [4.78, 5) is 3.36. The number of fused-ring (bicyclic) bond motifs is 3. The van der Waals surface area contributed by atoms with Crippen LogP contribution in [0.5, 0.6) is 0 Å².